The SMILES string of the molecule is Cc1ccc(Cl)c(NC(=O)COCC(=O)O)c1. The Balaban J connectivity index is 2.50. The molecule has 0 aliphatic heterocycles. The highest BCUT2D eigenvalue weighted by molar-refractivity contribution is 6.33. The Hall–Kier alpha value is -1.59. The molecule has 0 spiro atoms. The van der Waals surface area contributed by atoms with E-state index in [0.717, 1.165) is 5.56 Å². The van der Waals surface area contributed by atoms with Gasteiger partial charge in [-0.1, -0.05) is 17.7 Å². The molecule has 17 heavy (non-hydrogen) atoms. The van der Waals surface area contributed by atoms with Crippen LogP contribution in [0.15, 0.2) is 18.2 Å². The van der Waals surface area contributed by atoms with Gasteiger partial charge in [-0.05, 0) is 24.6 Å². The lowest BCUT2D eigenvalue weighted by Gasteiger charge is -2.07. The highest BCUT2D eigenvalue weighted by Gasteiger charge is 2.07. The summed E-state index contributed by atoms with van der Waals surface area (Å²) in [4.78, 5) is 21.5. The number of hydrogen-bond donors (Lipinski definition) is 2. The van der Waals surface area contributed by atoms with Crippen LogP contribution in [-0.4, -0.2) is 30.2 Å². The van der Waals surface area contributed by atoms with Gasteiger partial charge in [-0.3, -0.25) is 4.79 Å². The normalized spacial score (nSPS) is 10.0. The van der Waals surface area contributed by atoms with Crippen LogP contribution in [0, 0.1) is 6.92 Å². The molecule has 1 amide bonds. The number of amides is 1. The van der Waals surface area contributed by atoms with Gasteiger partial charge in [-0.25, -0.2) is 4.79 Å². The summed E-state index contributed by atoms with van der Waals surface area (Å²) in [5.74, 6) is -1.56. The second-order valence-electron chi connectivity index (χ2n) is 3.42. The van der Waals surface area contributed by atoms with Gasteiger partial charge in [0.05, 0.1) is 10.7 Å². The number of aryl methyl sites for hydroxylation is 1. The molecule has 1 aromatic carbocycles. The van der Waals surface area contributed by atoms with Crippen molar-refractivity contribution in [2.45, 2.75) is 6.92 Å². The first-order chi connectivity index (χ1) is 7.99. The van der Waals surface area contributed by atoms with Crippen LogP contribution in [-0.2, 0) is 14.3 Å². The lowest BCUT2D eigenvalue weighted by atomic mass is 10.2. The topological polar surface area (TPSA) is 75.6 Å². The number of carboxylic acid groups (broad SMARTS) is 1. The van der Waals surface area contributed by atoms with E-state index in [2.05, 4.69) is 10.1 Å². The van der Waals surface area contributed by atoms with Gasteiger partial charge in [0.1, 0.15) is 13.2 Å². The van der Waals surface area contributed by atoms with Crippen LogP contribution >= 0.6 is 11.6 Å². The maximum Gasteiger partial charge on any atom is 0.329 e. The van der Waals surface area contributed by atoms with Crippen LogP contribution in [0.2, 0.25) is 5.02 Å². The summed E-state index contributed by atoms with van der Waals surface area (Å²) in [6, 6.07) is 5.21. The third-order valence-corrected chi connectivity index (χ3v) is 2.18. The Morgan fingerprint density at radius 1 is 1.41 bits per heavy atom. The van der Waals surface area contributed by atoms with Crippen LogP contribution in [0.3, 0.4) is 0 Å². The van der Waals surface area contributed by atoms with E-state index in [1.165, 1.54) is 0 Å². The number of aliphatic carboxylic acids is 1. The second-order valence-corrected chi connectivity index (χ2v) is 3.83. The summed E-state index contributed by atoms with van der Waals surface area (Å²) in [6.07, 6.45) is 0. The van der Waals surface area contributed by atoms with Crippen LogP contribution in [0.25, 0.3) is 0 Å². The summed E-state index contributed by atoms with van der Waals surface area (Å²) in [7, 11) is 0. The third kappa shape index (κ3) is 4.84. The van der Waals surface area contributed by atoms with Gasteiger partial charge < -0.3 is 15.2 Å². The molecular weight excluding hydrogens is 246 g/mol. The zero-order chi connectivity index (χ0) is 12.8. The zero-order valence-corrected chi connectivity index (χ0v) is 9.95. The number of anilines is 1. The summed E-state index contributed by atoms with van der Waals surface area (Å²) >= 11 is 5.88. The molecule has 0 saturated carbocycles. The largest absolute Gasteiger partial charge is 0.480 e. The Kier molecular flexibility index (Phi) is 4.93. The van der Waals surface area contributed by atoms with Crippen molar-refractivity contribution in [3.05, 3.63) is 28.8 Å². The maximum absolute atomic E-state index is 11.4. The van der Waals surface area contributed by atoms with Crippen molar-refractivity contribution in [1.82, 2.24) is 0 Å². The van der Waals surface area contributed by atoms with E-state index in [-0.39, 0.29) is 6.61 Å². The summed E-state index contributed by atoms with van der Waals surface area (Å²) in [6.45, 7) is 1.04. The van der Waals surface area contributed by atoms with E-state index in [9.17, 15) is 9.59 Å². The number of carbonyl (C=O) groups is 2. The van der Waals surface area contributed by atoms with E-state index >= 15 is 0 Å². The van der Waals surface area contributed by atoms with Crippen LogP contribution in [0.5, 0.6) is 0 Å². The smallest absolute Gasteiger partial charge is 0.329 e. The van der Waals surface area contributed by atoms with Gasteiger partial charge in [0, 0.05) is 0 Å². The van der Waals surface area contributed by atoms with Crippen LogP contribution in [0.4, 0.5) is 5.69 Å². The highest BCUT2D eigenvalue weighted by atomic mass is 35.5. The number of nitrogens with one attached hydrogen (secondary N) is 1. The van der Waals surface area contributed by atoms with E-state index in [1.54, 1.807) is 12.1 Å². The molecule has 92 valence electrons. The molecule has 0 heterocycles. The average molecular weight is 258 g/mol. The van der Waals surface area contributed by atoms with Gasteiger partial charge >= 0.3 is 5.97 Å². The summed E-state index contributed by atoms with van der Waals surface area (Å²) < 4.78 is 4.64. The molecule has 1 aromatic rings. The first kappa shape index (κ1) is 13.5. The Morgan fingerprint density at radius 3 is 2.76 bits per heavy atom. The number of rotatable bonds is 5. The number of ether oxygens (including phenoxy) is 1. The standard InChI is InChI=1S/C11H12ClNO4/c1-7-2-3-8(12)9(4-7)13-10(14)5-17-6-11(15)16/h2-4H,5-6H2,1H3,(H,13,14)(H,15,16). The molecule has 0 bridgehead atoms. The van der Waals surface area contributed by atoms with Crippen molar-refractivity contribution in [3.8, 4) is 0 Å². The first-order valence-corrected chi connectivity index (χ1v) is 5.22. The Labute approximate surface area is 103 Å². The van der Waals surface area contributed by atoms with Crippen molar-refractivity contribution >= 4 is 29.2 Å². The fourth-order valence-corrected chi connectivity index (χ4v) is 1.32. The molecule has 5 nitrogen and oxygen atoms in total. The molecule has 0 saturated heterocycles. The molecule has 0 atom stereocenters. The fourth-order valence-electron chi connectivity index (χ4n) is 1.15. The van der Waals surface area contributed by atoms with Crippen molar-refractivity contribution < 1.29 is 19.4 Å². The average Bonchev–Trinajstić information content (AvgIpc) is 2.23. The monoisotopic (exact) mass is 257 g/mol. The molecular formula is C11H12ClNO4. The number of carboxylic acids is 1. The van der Waals surface area contributed by atoms with E-state index in [4.69, 9.17) is 16.7 Å². The summed E-state index contributed by atoms with van der Waals surface area (Å²) in [5.41, 5.74) is 1.44. The van der Waals surface area contributed by atoms with Crippen molar-refractivity contribution in [2.24, 2.45) is 0 Å². The third-order valence-electron chi connectivity index (χ3n) is 1.85. The molecule has 0 fully saturated rings. The lowest BCUT2D eigenvalue weighted by Crippen LogP contribution is -2.20. The predicted molar refractivity (Wildman–Crippen MR) is 63.3 cm³/mol. The van der Waals surface area contributed by atoms with E-state index in [0.29, 0.717) is 10.7 Å². The van der Waals surface area contributed by atoms with Gasteiger partial charge in [-0.15, -0.1) is 0 Å². The minimum absolute atomic E-state index is 0.323. The van der Waals surface area contributed by atoms with E-state index < -0.39 is 18.5 Å². The molecule has 6 heteroatoms. The second kappa shape index (κ2) is 6.22. The first-order valence-electron chi connectivity index (χ1n) is 4.84. The fraction of sp³-hybridized carbons (Fsp3) is 0.273. The van der Waals surface area contributed by atoms with Gasteiger partial charge in [0.15, 0.2) is 0 Å². The van der Waals surface area contributed by atoms with Crippen molar-refractivity contribution in [1.29, 1.82) is 0 Å². The van der Waals surface area contributed by atoms with Gasteiger partial charge in [0.2, 0.25) is 5.91 Å². The van der Waals surface area contributed by atoms with Crippen LogP contribution < -0.4 is 5.32 Å². The minimum atomic E-state index is -1.12. The van der Waals surface area contributed by atoms with E-state index in [1.807, 2.05) is 13.0 Å². The number of halogens is 1. The Morgan fingerprint density at radius 2 is 2.12 bits per heavy atom. The quantitative estimate of drug-likeness (QED) is 0.842. The molecule has 0 aliphatic carbocycles. The number of hydrogen-bond acceptors (Lipinski definition) is 3. The molecule has 0 unspecified atom stereocenters. The molecule has 1 rings (SSSR count). The maximum atomic E-state index is 11.4. The van der Waals surface area contributed by atoms with Gasteiger partial charge in [-0.2, -0.15) is 0 Å². The lowest BCUT2D eigenvalue weighted by molar-refractivity contribution is -0.143. The minimum Gasteiger partial charge on any atom is -0.480 e. The molecule has 0 radical (unpaired) electrons. The molecule has 2 N–H and O–H groups in total. The Bertz CT molecular complexity index is 433. The summed E-state index contributed by atoms with van der Waals surface area (Å²) in [5, 5.41) is 11.3. The molecule has 0 aromatic heterocycles. The van der Waals surface area contributed by atoms with Crippen molar-refractivity contribution in [2.75, 3.05) is 18.5 Å². The van der Waals surface area contributed by atoms with Crippen molar-refractivity contribution in [3.63, 3.8) is 0 Å². The highest BCUT2D eigenvalue weighted by Crippen LogP contribution is 2.22. The number of carbonyl (C=O) groups excluding carboxylic acids is 1. The zero-order valence-electron chi connectivity index (χ0n) is 9.20. The predicted octanol–water partition coefficient (Wildman–Crippen LogP) is 1.69. The van der Waals surface area contributed by atoms with Gasteiger partial charge in [0.25, 0.3) is 0 Å². The number of benzene rings is 1. The van der Waals surface area contributed by atoms with Crippen LogP contribution in [0.1, 0.15) is 5.56 Å². The molecule has 0 aliphatic rings.